The molecule has 0 aliphatic carbocycles. The van der Waals surface area contributed by atoms with Gasteiger partial charge in [-0.25, -0.2) is 4.98 Å². The van der Waals surface area contributed by atoms with Crippen molar-refractivity contribution in [2.75, 3.05) is 6.54 Å². The zero-order valence-corrected chi connectivity index (χ0v) is 9.09. The topological polar surface area (TPSA) is 33.2 Å². The van der Waals surface area contributed by atoms with Crippen molar-refractivity contribution in [1.82, 2.24) is 9.88 Å². The van der Waals surface area contributed by atoms with Crippen molar-refractivity contribution >= 4 is 17.1 Å². The van der Waals surface area contributed by atoms with Crippen LogP contribution < -0.4 is 0 Å². The lowest BCUT2D eigenvalue weighted by atomic mass is 10.0. The average molecular weight is 210 g/mol. The van der Waals surface area contributed by atoms with E-state index in [1.807, 2.05) is 5.51 Å². The third-order valence-corrected chi connectivity index (χ3v) is 3.31. The lowest BCUT2D eigenvalue weighted by Crippen LogP contribution is -2.40. The summed E-state index contributed by atoms with van der Waals surface area (Å²) in [6.45, 7) is 3.89. The van der Waals surface area contributed by atoms with E-state index in [1.165, 1.54) is 0 Å². The van der Waals surface area contributed by atoms with Gasteiger partial charge in [0.05, 0.1) is 11.2 Å². The summed E-state index contributed by atoms with van der Waals surface area (Å²) in [7, 11) is 0. The smallest absolute Gasteiger partial charge is 0.135 e. The highest BCUT2D eigenvalue weighted by Gasteiger charge is 2.23. The van der Waals surface area contributed by atoms with Gasteiger partial charge in [-0.3, -0.25) is 9.69 Å². The molecule has 1 aromatic rings. The van der Waals surface area contributed by atoms with Crippen molar-refractivity contribution in [3.63, 3.8) is 0 Å². The first-order valence-electron chi connectivity index (χ1n) is 4.88. The number of carbonyl (C=O) groups excluding carboxylic acids is 1. The number of rotatable bonds is 2. The number of hydrogen-bond acceptors (Lipinski definition) is 4. The summed E-state index contributed by atoms with van der Waals surface area (Å²) in [5.74, 6) is 0.395. The van der Waals surface area contributed by atoms with Crippen molar-refractivity contribution in [3.8, 4) is 0 Å². The number of Topliss-reactive ketones (excluding diaryl/α,β-unsaturated/α-hetero) is 1. The Morgan fingerprint density at radius 2 is 2.57 bits per heavy atom. The lowest BCUT2D eigenvalue weighted by Gasteiger charge is -2.31. The molecule has 0 spiro atoms. The van der Waals surface area contributed by atoms with Gasteiger partial charge in [-0.05, 0) is 6.92 Å². The maximum absolute atomic E-state index is 11.2. The molecule has 0 saturated carbocycles. The highest BCUT2D eigenvalue weighted by molar-refractivity contribution is 7.07. The maximum Gasteiger partial charge on any atom is 0.135 e. The van der Waals surface area contributed by atoms with Crippen LogP contribution in [0, 0.1) is 0 Å². The van der Waals surface area contributed by atoms with Crippen LogP contribution in [0.3, 0.4) is 0 Å². The Morgan fingerprint density at radius 3 is 3.21 bits per heavy atom. The summed E-state index contributed by atoms with van der Waals surface area (Å²) in [4.78, 5) is 17.8. The largest absolute Gasteiger partial charge is 0.300 e. The molecule has 1 aromatic heterocycles. The van der Waals surface area contributed by atoms with Crippen molar-refractivity contribution in [3.05, 3.63) is 16.6 Å². The summed E-state index contributed by atoms with van der Waals surface area (Å²) in [5, 5.41) is 2.07. The predicted molar refractivity (Wildman–Crippen MR) is 56.2 cm³/mol. The minimum atomic E-state index is 0.373. The van der Waals surface area contributed by atoms with Gasteiger partial charge in [0.25, 0.3) is 0 Å². The second-order valence-corrected chi connectivity index (χ2v) is 4.51. The van der Waals surface area contributed by atoms with Crippen molar-refractivity contribution < 1.29 is 4.79 Å². The quantitative estimate of drug-likeness (QED) is 0.745. The average Bonchev–Trinajstić information content (AvgIpc) is 2.62. The first-order chi connectivity index (χ1) is 6.75. The molecule has 0 amide bonds. The molecule has 0 radical (unpaired) electrons. The number of carbonyl (C=O) groups is 1. The molecule has 76 valence electrons. The summed E-state index contributed by atoms with van der Waals surface area (Å²) in [6.07, 6.45) is 1.40. The number of thiazole rings is 1. The van der Waals surface area contributed by atoms with E-state index in [1.54, 1.807) is 11.3 Å². The molecular weight excluding hydrogens is 196 g/mol. The molecule has 0 N–H and O–H groups in total. The highest BCUT2D eigenvalue weighted by atomic mass is 32.1. The Hall–Kier alpha value is -0.740. The van der Waals surface area contributed by atoms with Crippen LogP contribution in [0.2, 0.25) is 0 Å². The van der Waals surface area contributed by atoms with Crippen molar-refractivity contribution in [1.29, 1.82) is 0 Å². The number of piperidine rings is 1. The molecule has 1 atom stereocenters. The monoisotopic (exact) mass is 210 g/mol. The Balaban J connectivity index is 1.95. The van der Waals surface area contributed by atoms with E-state index in [9.17, 15) is 4.79 Å². The maximum atomic E-state index is 11.2. The minimum Gasteiger partial charge on any atom is -0.300 e. The van der Waals surface area contributed by atoms with Crippen LogP contribution in [0.15, 0.2) is 10.9 Å². The number of aromatic nitrogens is 1. The van der Waals surface area contributed by atoms with Gasteiger partial charge in [0.1, 0.15) is 5.78 Å². The van der Waals surface area contributed by atoms with Gasteiger partial charge in [-0.2, -0.15) is 0 Å². The molecule has 1 unspecified atom stereocenters. The minimum absolute atomic E-state index is 0.373. The van der Waals surface area contributed by atoms with E-state index in [-0.39, 0.29) is 0 Å². The predicted octanol–water partition coefficient (Wildman–Crippen LogP) is 1.70. The molecule has 1 aliphatic heterocycles. The van der Waals surface area contributed by atoms with Crippen LogP contribution in [0.4, 0.5) is 0 Å². The normalized spacial score (nSPS) is 24.1. The van der Waals surface area contributed by atoms with Gasteiger partial charge in [-0.15, -0.1) is 11.3 Å². The summed E-state index contributed by atoms with van der Waals surface area (Å²) < 4.78 is 0. The van der Waals surface area contributed by atoms with Crippen LogP contribution in [-0.2, 0) is 11.3 Å². The van der Waals surface area contributed by atoms with Gasteiger partial charge in [-0.1, -0.05) is 0 Å². The van der Waals surface area contributed by atoms with Crippen LogP contribution in [0.25, 0.3) is 0 Å². The fraction of sp³-hybridized carbons (Fsp3) is 0.600. The van der Waals surface area contributed by atoms with Crippen molar-refractivity contribution in [2.24, 2.45) is 0 Å². The second kappa shape index (κ2) is 4.19. The lowest BCUT2D eigenvalue weighted by molar-refractivity contribution is -0.123. The highest BCUT2D eigenvalue weighted by Crippen LogP contribution is 2.16. The van der Waals surface area contributed by atoms with Crippen molar-refractivity contribution in [2.45, 2.75) is 32.4 Å². The molecule has 1 fully saturated rings. The first-order valence-corrected chi connectivity index (χ1v) is 5.83. The number of nitrogens with zero attached hydrogens (tertiary/aromatic N) is 2. The SMILES string of the molecule is CC1CC(=O)CCN1Cc1cscn1. The molecule has 0 bridgehead atoms. The van der Waals surface area contributed by atoms with E-state index in [0.29, 0.717) is 24.7 Å². The third-order valence-electron chi connectivity index (χ3n) is 2.67. The Labute approximate surface area is 87.8 Å². The van der Waals surface area contributed by atoms with Crippen LogP contribution in [0.1, 0.15) is 25.5 Å². The van der Waals surface area contributed by atoms with E-state index in [0.717, 1.165) is 18.8 Å². The van der Waals surface area contributed by atoms with E-state index < -0.39 is 0 Å². The number of ketones is 1. The second-order valence-electron chi connectivity index (χ2n) is 3.79. The van der Waals surface area contributed by atoms with Gasteiger partial charge in [0.2, 0.25) is 0 Å². The van der Waals surface area contributed by atoms with Crippen LogP contribution >= 0.6 is 11.3 Å². The van der Waals surface area contributed by atoms with E-state index in [2.05, 4.69) is 22.2 Å². The Kier molecular flexibility index (Phi) is 2.93. The zero-order chi connectivity index (χ0) is 9.97. The molecule has 1 aliphatic rings. The molecule has 1 saturated heterocycles. The van der Waals surface area contributed by atoms with E-state index in [4.69, 9.17) is 0 Å². The molecule has 0 aromatic carbocycles. The Bertz CT molecular complexity index is 310. The summed E-state index contributed by atoms with van der Waals surface area (Å²) >= 11 is 1.63. The number of likely N-dealkylation sites (tertiary alicyclic amines) is 1. The molecule has 3 nitrogen and oxygen atoms in total. The van der Waals surface area contributed by atoms with Gasteiger partial charge in [0, 0.05) is 37.4 Å². The zero-order valence-electron chi connectivity index (χ0n) is 8.27. The molecular formula is C10H14N2OS. The van der Waals surface area contributed by atoms with Gasteiger partial charge >= 0.3 is 0 Å². The van der Waals surface area contributed by atoms with Gasteiger partial charge in [0.15, 0.2) is 0 Å². The van der Waals surface area contributed by atoms with Gasteiger partial charge < -0.3 is 0 Å². The molecule has 14 heavy (non-hydrogen) atoms. The fourth-order valence-corrected chi connectivity index (χ4v) is 2.36. The van der Waals surface area contributed by atoms with Crippen LogP contribution in [-0.4, -0.2) is 28.3 Å². The molecule has 4 heteroatoms. The number of hydrogen-bond donors (Lipinski definition) is 0. The Morgan fingerprint density at radius 1 is 1.71 bits per heavy atom. The van der Waals surface area contributed by atoms with E-state index >= 15 is 0 Å². The third kappa shape index (κ3) is 2.19. The molecule has 2 rings (SSSR count). The standard InChI is InChI=1S/C10H14N2OS/c1-8-4-10(13)2-3-12(8)5-9-6-14-7-11-9/h6-8H,2-5H2,1H3. The van der Waals surface area contributed by atoms with Crippen LogP contribution in [0.5, 0.6) is 0 Å². The first kappa shape index (κ1) is 9.80. The summed E-state index contributed by atoms with van der Waals surface area (Å²) in [5.41, 5.74) is 2.98. The summed E-state index contributed by atoms with van der Waals surface area (Å²) in [6, 6.07) is 0.373. The fourth-order valence-electron chi connectivity index (χ4n) is 1.81. The molecule has 2 heterocycles.